The highest BCUT2D eigenvalue weighted by atomic mass is 79.9. The molecule has 1 unspecified atom stereocenters. The maximum atomic E-state index is 12.2. The second kappa shape index (κ2) is 5.63. The van der Waals surface area contributed by atoms with Gasteiger partial charge in [-0.15, -0.1) is 0 Å². The molecule has 5 heteroatoms. The summed E-state index contributed by atoms with van der Waals surface area (Å²) in [5, 5.41) is 3.02. The molecule has 102 valence electrons. The Hall–Kier alpha value is -1.88. The molecule has 0 fully saturated rings. The lowest BCUT2D eigenvalue weighted by Crippen LogP contribution is -2.32. The van der Waals surface area contributed by atoms with Crippen molar-refractivity contribution in [3.8, 4) is 5.75 Å². The van der Waals surface area contributed by atoms with Crippen molar-refractivity contribution in [2.75, 3.05) is 6.61 Å². The third kappa shape index (κ3) is 2.67. The van der Waals surface area contributed by atoms with E-state index in [1.54, 1.807) is 18.2 Å². The van der Waals surface area contributed by atoms with Crippen LogP contribution in [0.2, 0.25) is 0 Å². The number of benzene rings is 1. The molecule has 0 bridgehead atoms. The minimum absolute atomic E-state index is 0.0340. The number of aromatic nitrogens is 1. The van der Waals surface area contributed by atoms with Gasteiger partial charge in [-0.05, 0) is 34.1 Å². The van der Waals surface area contributed by atoms with Crippen LogP contribution >= 0.6 is 15.9 Å². The number of hydrogen-bond acceptors (Lipinski definition) is 3. The molecule has 2 heterocycles. The number of halogens is 1. The summed E-state index contributed by atoms with van der Waals surface area (Å²) in [6, 6.07) is 13.0. The molecule has 0 aliphatic carbocycles. The molecule has 0 saturated carbocycles. The van der Waals surface area contributed by atoms with Crippen LogP contribution in [0.15, 0.2) is 47.1 Å². The zero-order chi connectivity index (χ0) is 13.9. The first kappa shape index (κ1) is 13.1. The second-order valence-corrected chi connectivity index (χ2v) is 5.36. The Labute approximate surface area is 125 Å². The van der Waals surface area contributed by atoms with Gasteiger partial charge in [0.05, 0.1) is 12.6 Å². The van der Waals surface area contributed by atoms with Crippen LogP contribution in [0.3, 0.4) is 0 Å². The number of carbonyl (C=O) groups excluding carboxylic acids is 1. The molecule has 1 aliphatic rings. The van der Waals surface area contributed by atoms with E-state index in [0.717, 1.165) is 17.7 Å². The molecule has 3 rings (SSSR count). The van der Waals surface area contributed by atoms with Crippen molar-refractivity contribution in [3.05, 3.63) is 58.3 Å². The van der Waals surface area contributed by atoms with Crippen LogP contribution in [0.4, 0.5) is 0 Å². The molecule has 1 N–H and O–H groups in total. The highest BCUT2D eigenvalue weighted by Crippen LogP contribution is 2.31. The van der Waals surface area contributed by atoms with Crippen molar-refractivity contribution in [2.24, 2.45) is 0 Å². The fourth-order valence-electron chi connectivity index (χ4n) is 2.26. The number of ether oxygens (including phenoxy) is 1. The highest BCUT2D eigenvalue weighted by Gasteiger charge is 2.23. The zero-order valence-corrected chi connectivity index (χ0v) is 12.3. The van der Waals surface area contributed by atoms with E-state index in [1.165, 1.54) is 0 Å². The lowest BCUT2D eigenvalue weighted by Gasteiger charge is -2.26. The molecule has 0 radical (unpaired) electrons. The van der Waals surface area contributed by atoms with Gasteiger partial charge in [0.1, 0.15) is 16.0 Å². The van der Waals surface area contributed by atoms with Gasteiger partial charge in [-0.2, -0.15) is 0 Å². The monoisotopic (exact) mass is 332 g/mol. The van der Waals surface area contributed by atoms with Crippen LogP contribution < -0.4 is 10.1 Å². The third-order valence-electron chi connectivity index (χ3n) is 3.21. The molecule has 1 aromatic carbocycles. The number of nitrogens with zero attached hydrogens (tertiary/aromatic N) is 1. The number of pyridine rings is 1. The number of fused-ring (bicyclic) bond motifs is 1. The summed E-state index contributed by atoms with van der Waals surface area (Å²) >= 11 is 3.27. The topological polar surface area (TPSA) is 51.2 Å². The molecule has 2 aromatic rings. The van der Waals surface area contributed by atoms with Gasteiger partial charge in [-0.1, -0.05) is 24.3 Å². The van der Waals surface area contributed by atoms with E-state index >= 15 is 0 Å². The van der Waals surface area contributed by atoms with E-state index in [1.807, 2.05) is 24.3 Å². The standard InChI is InChI=1S/C15H13BrN2O2/c16-14-7-3-5-12(17-14)15(19)18-11-8-9-20-13-6-2-1-4-10(11)13/h1-7,11H,8-9H2,(H,18,19). The molecule has 1 aliphatic heterocycles. The quantitative estimate of drug-likeness (QED) is 0.860. The van der Waals surface area contributed by atoms with Gasteiger partial charge in [-0.3, -0.25) is 4.79 Å². The minimum Gasteiger partial charge on any atom is -0.493 e. The Bertz CT molecular complexity index is 645. The van der Waals surface area contributed by atoms with Crippen LogP contribution in [-0.2, 0) is 0 Å². The summed E-state index contributed by atoms with van der Waals surface area (Å²) in [5.41, 5.74) is 1.42. The first-order valence-corrected chi connectivity index (χ1v) is 7.18. The molecule has 1 atom stereocenters. The van der Waals surface area contributed by atoms with Crippen molar-refractivity contribution in [3.63, 3.8) is 0 Å². The Morgan fingerprint density at radius 2 is 2.10 bits per heavy atom. The van der Waals surface area contributed by atoms with Crippen molar-refractivity contribution in [2.45, 2.75) is 12.5 Å². The molecule has 4 nitrogen and oxygen atoms in total. The van der Waals surface area contributed by atoms with Gasteiger partial charge < -0.3 is 10.1 Å². The Morgan fingerprint density at radius 1 is 1.25 bits per heavy atom. The van der Waals surface area contributed by atoms with Crippen molar-refractivity contribution < 1.29 is 9.53 Å². The minimum atomic E-state index is -0.173. The van der Waals surface area contributed by atoms with Gasteiger partial charge in [-0.25, -0.2) is 4.98 Å². The SMILES string of the molecule is O=C(NC1CCOc2ccccc21)c1cccc(Br)n1. The van der Waals surface area contributed by atoms with Gasteiger partial charge in [0.25, 0.3) is 5.91 Å². The molecule has 1 amide bonds. The largest absolute Gasteiger partial charge is 0.493 e. The average molecular weight is 333 g/mol. The van der Waals surface area contributed by atoms with Crippen molar-refractivity contribution in [1.29, 1.82) is 0 Å². The van der Waals surface area contributed by atoms with Crippen LogP contribution in [0.1, 0.15) is 28.5 Å². The normalized spacial score (nSPS) is 16.9. The average Bonchev–Trinajstić information content (AvgIpc) is 2.47. The summed E-state index contributed by atoms with van der Waals surface area (Å²) in [6.45, 7) is 0.605. The number of para-hydroxylation sites is 1. The third-order valence-corrected chi connectivity index (χ3v) is 3.65. The summed E-state index contributed by atoms with van der Waals surface area (Å²) in [7, 11) is 0. The number of amides is 1. The van der Waals surface area contributed by atoms with Gasteiger partial charge >= 0.3 is 0 Å². The van der Waals surface area contributed by atoms with Gasteiger partial charge in [0.2, 0.25) is 0 Å². The Morgan fingerprint density at radius 3 is 2.95 bits per heavy atom. The fourth-order valence-corrected chi connectivity index (χ4v) is 2.60. The molecular formula is C15H13BrN2O2. The second-order valence-electron chi connectivity index (χ2n) is 4.55. The van der Waals surface area contributed by atoms with Gasteiger partial charge in [0, 0.05) is 12.0 Å². The molecule has 20 heavy (non-hydrogen) atoms. The molecule has 0 spiro atoms. The Balaban J connectivity index is 1.81. The van der Waals surface area contributed by atoms with Crippen LogP contribution in [0.5, 0.6) is 5.75 Å². The van der Waals surface area contributed by atoms with Crippen LogP contribution in [0.25, 0.3) is 0 Å². The number of rotatable bonds is 2. The van der Waals surface area contributed by atoms with Crippen LogP contribution in [0, 0.1) is 0 Å². The van der Waals surface area contributed by atoms with Crippen molar-refractivity contribution in [1.82, 2.24) is 10.3 Å². The van der Waals surface area contributed by atoms with E-state index < -0.39 is 0 Å². The number of carbonyl (C=O) groups is 1. The maximum absolute atomic E-state index is 12.2. The lowest BCUT2D eigenvalue weighted by atomic mass is 10.0. The highest BCUT2D eigenvalue weighted by molar-refractivity contribution is 9.10. The summed E-state index contributed by atoms with van der Waals surface area (Å²) in [6.07, 6.45) is 0.761. The fraction of sp³-hybridized carbons (Fsp3) is 0.200. The summed E-state index contributed by atoms with van der Waals surface area (Å²) < 4.78 is 6.24. The van der Waals surface area contributed by atoms with E-state index in [9.17, 15) is 4.79 Å². The van der Waals surface area contributed by atoms with E-state index in [4.69, 9.17) is 4.74 Å². The lowest BCUT2D eigenvalue weighted by molar-refractivity contribution is 0.0919. The smallest absolute Gasteiger partial charge is 0.270 e. The summed E-state index contributed by atoms with van der Waals surface area (Å²) in [4.78, 5) is 16.4. The number of nitrogens with one attached hydrogen (secondary N) is 1. The van der Waals surface area contributed by atoms with E-state index in [-0.39, 0.29) is 11.9 Å². The maximum Gasteiger partial charge on any atom is 0.270 e. The van der Waals surface area contributed by atoms with Gasteiger partial charge in [0.15, 0.2) is 0 Å². The summed E-state index contributed by atoms with van der Waals surface area (Å²) in [5.74, 6) is 0.666. The molecular weight excluding hydrogens is 320 g/mol. The predicted molar refractivity (Wildman–Crippen MR) is 78.7 cm³/mol. The van der Waals surface area contributed by atoms with Crippen molar-refractivity contribution >= 4 is 21.8 Å². The van der Waals surface area contributed by atoms with Crippen LogP contribution in [-0.4, -0.2) is 17.5 Å². The first-order chi connectivity index (χ1) is 9.74. The first-order valence-electron chi connectivity index (χ1n) is 6.39. The number of hydrogen-bond donors (Lipinski definition) is 1. The molecule has 0 saturated heterocycles. The predicted octanol–water partition coefficient (Wildman–Crippen LogP) is 3.10. The van der Waals surface area contributed by atoms with E-state index in [2.05, 4.69) is 26.2 Å². The molecule has 1 aromatic heterocycles. The van der Waals surface area contributed by atoms with E-state index in [0.29, 0.717) is 16.9 Å². The zero-order valence-electron chi connectivity index (χ0n) is 10.7. The Kier molecular flexibility index (Phi) is 3.69.